The highest BCUT2D eigenvalue weighted by molar-refractivity contribution is 5.77. The smallest absolute Gasteiger partial charge is 0.223 e. The molecule has 1 aliphatic heterocycles. The maximum Gasteiger partial charge on any atom is 0.223 e. The first-order chi connectivity index (χ1) is 8.16. The summed E-state index contributed by atoms with van der Waals surface area (Å²) in [5, 5.41) is 0. The first-order valence-corrected chi connectivity index (χ1v) is 5.65. The SMILES string of the molecule is CN1CCN(c2ccncn2)CC(C(N)=O)C1. The van der Waals surface area contributed by atoms with Gasteiger partial charge in [-0.2, -0.15) is 0 Å². The van der Waals surface area contributed by atoms with E-state index in [0.717, 1.165) is 18.9 Å². The minimum atomic E-state index is -0.252. The van der Waals surface area contributed by atoms with E-state index < -0.39 is 0 Å². The maximum absolute atomic E-state index is 11.4. The molecule has 0 spiro atoms. The third-order valence-electron chi connectivity index (χ3n) is 3.02. The molecule has 92 valence electrons. The maximum atomic E-state index is 11.4. The van der Waals surface area contributed by atoms with Crippen LogP contribution in [0.1, 0.15) is 0 Å². The molecule has 1 aliphatic rings. The Morgan fingerprint density at radius 2 is 2.29 bits per heavy atom. The van der Waals surface area contributed by atoms with Gasteiger partial charge in [0.2, 0.25) is 5.91 Å². The number of carbonyl (C=O) groups is 1. The molecule has 0 radical (unpaired) electrons. The summed E-state index contributed by atoms with van der Waals surface area (Å²) in [4.78, 5) is 23.7. The van der Waals surface area contributed by atoms with Crippen LogP contribution < -0.4 is 10.6 Å². The Balaban J connectivity index is 2.15. The van der Waals surface area contributed by atoms with Crippen LogP contribution in [0.2, 0.25) is 0 Å². The van der Waals surface area contributed by atoms with E-state index in [1.807, 2.05) is 13.1 Å². The fourth-order valence-corrected chi connectivity index (χ4v) is 2.03. The normalized spacial score (nSPS) is 22.2. The molecule has 2 N–H and O–H groups in total. The van der Waals surface area contributed by atoms with E-state index in [1.165, 1.54) is 6.33 Å². The van der Waals surface area contributed by atoms with Crippen molar-refractivity contribution in [1.82, 2.24) is 14.9 Å². The molecule has 1 atom stereocenters. The molecule has 6 heteroatoms. The van der Waals surface area contributed by atoms with Gasteiger partial charge in [-0.1, -0.05) is 0 Å². The number of anilines is 1. The van der Waals surface area contributed by atoms with E-state index in [4.69, 9.17) is 5.73 Å². The summed E-state index contributed by atoms with van der Waals surface area (Å²) in [5.74, 6) is 0.442. The van der Waals surface area contributed by atoms with Crippen LogP contribution >= 0.6 is 0 Å². The molecule has 2 rings (SSSR count). The van der Waals surface area contributed by atoms with Crippen molar-refractivity contribution in [3.8, 4) is 0 Å². The van der Waals surface area contributed by atoms with Crippen molar-refractivity contribution in [2.24, 2.45) is 11.7 Å². The van der Waals surface area contributed by atoms with E-state index in [0.29, 0.717) is 13.1 Å². The number of amides is 1. The third-order valence-corrected chi connectivity index (χ3v) is 3.02. The van der Waals surface area contributed by atoms with Crippen molar-refractivity contribution in [2.75, 3.05) is 38.1 Å². The summed E-state index contributed by atoms with van der Waals surface area (Å²) in [6.45, 7) is 3.07. The zero-order valence-electron chi connectivity index (χ0n) is 9.91. The Bertz CT molecular complexity index is 383. The summed E-state index contributed by atoms with van der Waals surface area (Å²) < 4.78 is 0. The zero-order valence-corrected chi connectivity index (χ0v) is 9.91. The molecule has 0 aromatic carbocycles. The van der Waals surface area contributed by atoms with Crippen LogP contribution in [-0.4, -0.2) is 54.0 Å². The summed E-state index contributed by atoms with van der Waals surface area (Å²) >= 11 is 0. The van der Waals surface area contributed by atoms with Gasteiger partial charge >= 0.3 is 0 Å². The molecule has 17 heavy (non-hydrogen) atoms. The quantitative estimate of drug-likeness (QED) is 0.736. The molecule has 1 aromatic rings. The first-order valence-electron chi connectivity index (χ1n) is 5.65. The van der Waals surface area contributed by atoms with Gasteiger partial charge in [0.15, 0.2) is 0 Å². The highest BCUT2D eigenvalue weighted by atomic mass is 16.1. The predicted molar refractivity (Wildman–Crippen MR) is 64.4 cm³/mol. The number of rotatable bonds is 2. The topological polar surface area (TPSA) is 75.3 Å². The van der Waals surface area contributed by atoms with E-state index >= 15 is 0 Å². The lowest BCUT2D eigenvalue weighted by molar-refractivity contribution is -0.121. The standard InChI is InChI=1S/C11H17N5O/c1-15-4-5-16(7-9(6-15)11(12)17)10-2-3-13-8-14-10/h2-3,8-9H,4-7H2,1H3,(H2,12,17). The van der Waals surface area contributed by atoms with Crippen LogP contribution in [0.3, 0.4) is 0 Å². The molecular formula is C11H17N5O. The van der Waals surface area contributed by atoms with E-state index in [9.17, 15) is 4.79 Å². The number of nitrogens with zero attached hydrogens (tertiary/aromatic N) is 4. The molecule has 1 aromatic heterocycles. The minimum absolute atomic E-state index is 0.155. The number of aromatic nitrogens is 2. The second-order valence-electron chi connectivity index (χ2n) is 4.38. The predicted octanol–water partition coefficient (Wildman–Crippen LogP) is -0.670. The monoisotopic (exact) mass is 235 g/mol. The number of likely N-dealkylation sites (N-methyl/N-ethyl adjacent to an activating group) is 1. The number of hydrogen-bond donors (Lipinski definition) is 1. The Kier molecular flexibility index (Phi) is 3.53. The number of nitrogens with two attached hydrogens (primary N) is 1. The summed E-state index contributed by atoms with van der Waals surface area (Å²) in [6, 6.07) is 1.85. The van der Waals surface area contributed by atoms with Crippen molar-refractivity contribution in [1.29, 1.82) is 0 Å². The van der Waals surface area contributed by atoms with Gasteiger partial charge in [-0.05, 0) is 13.1 Å². The Morgan fingerprint density at radius 3 is 2.94 bits per heavy atom. The Labute approximate surface area is 100 Å². The Hall–Kier alpha value is -1.69. The lowest BCUT2D eigenvalue weighted by atomic mass is 10.1. The summed E-state index contributed by atoms with van der Waals surface area (Å²) in [7, 11) is 2.00. The van der Waals surface area contributed by atoms with Crippen LogP contribution in [0.15, 0.2) is 18.6 Å². The van der Waals surface area contributed by atoms with Crippen molar-refractivity contribution in [3.05, 3.63) is 18.6 Å². The highest BCUT2D eigenvalue weighted by Gasteiger charge is 2.25. The average molecular weight is 235 g/mol. The summed E-state index contributed by atoms with van der Waals surface area (Å²) in [6.07, 6.45) is 3.22. The van der Waals surface area contributed by atoms with Gasteiger partial charge in [0, 0.05) is 32.4 Å². The van der Waals surface area contributed by atoms with E-state index in [-0.39, 0.29) is 11.8 Å². The highest BCUT2D eigenvalue weighted by Crippen LogP contribution is 2.14. The molecule has 0 aliphatic carbocycles. The molecule has 1 fully saturated rings. The van der Waals surface area contributed by atoms with E-state index in [2.05, 4.69) is 19.8 Å². The largest absolute Gasteiger partial charge is 0.369 e. The second kappa shape index (κ2) is 5.09. The number of primary amides is 1. The van der Waals surface area contributed by atoms with Crippen LogP contribution in [0.25, 0.3) is 0 Å². The molecule has 1 saturated heterocycles. The molecule has 1 unspecified atom stereocenters. The fourth-order valence-electron chi connectivity index (χ4n) is 2.03. The van der Waals surface area contributed by atoms with E-state index in [1.54, 1.807) is 6.20 Å². The first kappa shape index (κ1) is 11.8. The molecule has 0 bridgehead atoms. The van der Waals surface area contributed by atoms with Gasteiger partial charge in [0.25, 0.3) is 0 Å². The van der Waals surface area contributed by atoms with Crippen molar-refractivity contribution >= 4 is 11.7 Å². The Morgan fingerprint density at radius 1 is 1.47 bits per heavy atom. The van der Waals surface area contributed by atoms with Crippen LogP contribution in [0.4, 0.5) is 5.82 Å². The number of hydrogen-bond acceptors (Lipinski definition) is 5. The summed E-state index contributed by atoms with van der Waals surface area (Å²) in [5.41, 5.74) is 5.41. The lowest BCUT2D eigenvalue weighted by Crippen LogP contribution is -2.38. The zero-order chi connectivity index (χ0) is 12.3. The van der Waals surface area contributed by atoms with Gasteiger partial charge in [-0.25, -0.2) is 9.97 Å². The fraction of sp³-hybridized carbons (Fsp3) is 0.545. The molecule has 6 nitrogen and oxygen atoms in total. The van der Waals surface area contributed by atoms with Crippen LogP contribution in [-0.2, 0) is 4.79 Å². The van der Waals surface area contributed by atoms with Crippen molar-refractivity contribution < 1.29 is 4.79 Å². The van der Waals surface area contributed by atoms with Gasteiger partial charge in [-0.15, -0.1) is 0 Å². The molecule has 1 amide bonds. The minimum Gasteiger partial charge on any atom is -0.369 e. The van der Waals surface area contributed by atoms with Crippen LogP contribution in [0.5, 0.6) is 0 Å². The third kappa shape index (κ3) is 2.91. The molecule has 0 saturated carbocycles. The number of carbonyl (C=O) groups excluding carboxylic acids is 1. The van der Waals surface area contributed by atoms with Crippen molar-refractivity contribution in [3.63, 3.8) is 0 Å². The average Bonchev–Trinajstić information content (AvgIpc) is 2.52. The van der Waals surface area contributed by atoms with Gasteiger partial charge in [0.1, 0.15) is 12.1 Å². The van der Waals surface area contributed by atoms with Gasteiger partial charge in [-0.3, -0.25) is 4.79 Å². The van der Waals surface area contributed by atoms with Crippen molar-refractivity contribution in [2.45, 2.75) is 0 Å². The second-order valence-corrected chi connectivity index (χ2v) is 4.38. The lowest BCUT2D eigenvalue weighted by Gasteiger charge is -2.23. The molecular weight excluding hydrogens is 218 g/mol. The van der Waals surface area contributed by atoms with Gasteiger partial charge < -0.3 is 15.5 Å². The van der Waals surface area contributed by atoms with Crippen LogP contribution in [0, 0.1) is 5.92 Å². The molecule has 2 heterocycles. The van der Waals surface area contributed by atoms with Gasteiger partial charge in [0.05, 0.1) is 5.92 Å².